The number of benzene rings is 1. The Balaban J connectivity index is 2.78. The van der Waals surface area contributed by atoms with E-state index in [9.17, 15) is 4.79 Å². The van der Waals surface area contributed by atoms with Gasteiger partial charge in [-0.1, -0.05) is 30.1 Å². The lowest BCUT2D eigenvalue weighted by Crippen LogP contribution is -2.20. The average molecular weight is 257 g/mol. The second-order valence-corrected chi connectivity index (χ2v) is 4.02. The van der Waals surface area contributed by atoms with Crippen LogP contribution in [-0.2, 0) is 4.79 Å². The van der Waals surface area contributed by atoms with E-state index in [1.165, 1.54) is 0 Å². The topological polar surface area (TPSA) is 52.9 Å². The number of carbonyl (C=O) groups is 1. The minimum atomic E-state index is -0.644. The van der Waals surface area contributed by atoms with E-state index in [4.69, 9.17) is 28.5 Å². The van der Waals surface area contributed by atoms with E-state index in [1.807, 2.05) is 6.07 Å². The number of halogens is 2. The van der Waals surface area contributed by atoms with Gasteiger partial charge in [0.05, 0.1) is 16.1 Å². The maximum Gasteiger partial charge on any atom is 0.241 e. The van der Waals surface area contributed by atoms with Crippen LogP contribution in [0.25, 0.3) is 0 Å². The number of nitrogens with zero attached hydrogens (tertiary/aromatic N) is 1. The lowest BCUT2D eigenvalue weighted by Gasteiger charge is -2.08. The summed E-state index contributed by atoms with van der Waals surface area (Å²) in [7, 11) is 0. The van der Waals surface area contributed by atoms with Crippen molar-refractivity contribution in [1.29, 1.82) is 5.26 Å². The van der Waals surface area contributed by atoms with Crippen molar-refractivity contribution >= 4 is 34.8 Å². The van der Waals surface area contributed by atoms with Gasteiger partial charge in [-0.05, 0) is 24.6 Å². The fourth-order valence-electron chi connectivity index (χ4n) is 1.14. The van der Waals surface area contributed by atoms with E-state index >= 15 is 0 Å². The molecule has 0 aromatic heterocycles. The second-order valence-electron chi connectivity index (χ2n) is 3.21. The Morgan fingerprint density at radius 3 is 2.69 bits per heavy atom. The molecule has 0 saturated carbocycles. The Morgan fingerprint density at radius 2 is 2.19 bits per heavy atom. The lowest BCUT2D eigenvalue weighted by atomic mass is 10.1. The van der Waals surface area contributed by atoms with Crippen molar-refractivity contribution < 1.29 is 4.79 Å². The van der Waals surface area contributed by atoms with Gasteiger partial charge in [-0.25, -0.2) is 0 Å². The van der Waals surface area contributed by atoms with Gasteiger partial charge in [0.25, 0.3) is 0 Å². The molecule has 1 rings (SSSR count). The number of nitrogens with one attached hydrogen (secondary N) is 1. The standard InChI is InChI=1S/C11H10Cl2N2O/c1-2-7(6-14)11(16)15-8-3-4-9(12)10(13)5-8/h3-5,7H,2H2,1H3,(H,15,16). The molecule has 0 aliphatic rings. The molecule has 0 spiro atoms. The lowest BCUT2D eigenvalue weighted by molar-refractivity contribution is -0.118. The minimum Gasteiger partial charge on any atom is -0.325 e. The van der Waals surface area contributed by atoms with Crippen LogP contribution in [0, 0.1) is 17.2 Å². The van der Waals surface area contributed by atoms with Crippen molar-refractivity contribution in [3.8, 4) is 6.07 Å². The number of anilines is 1. The fourth-order valence-corrected chi connectivity index (χ4v) is 1.44. The number of nitriles is 1. The zero-order chi connectivity index (χ0) is 12.1. The molecule has 84 valence electrons. The second kappa shape index (κ2) is 5.74. The number of amides is 1. The molecule has 0 fully saturated rings. The smallest absolute Gasteiger partial charge is 0.241 e. The van der Waals surface area contributed by atoms with Gasteiger partial charge in [0, 0.05) is 5.69 Å². The summed E-state index contributed by atoms with van der Waals surface area (Å²) in [6.45, 7) is 1.78. The van der Waals surface area contributed by atoms with Gasteiger partial charge < -0.3 is 5.32 Å². The molecule has 0 aliphatic carbocycles. The van der Waals surface area contributed by atoms with E-state index in [2.05, 4.69) is 5.32 Å². The summed E-state index contributed by atoms with van der Waals surface area (Å²) in [4.78, 5) is 11.6. The summed E-state index contributed by atoms with van der Waals surface area (Å²) < 4.78 is 0. The Morgan fingerprint density at radius 1 is 1.50 bits per heavy atom. The third-order valence-corrected chi connectivity index (χ3v) is 2.81. The molecule has 1 amide bonds. The highest BCUT2D eigenvalue weighted by molar-refractivity contribution is 6.42. The van der Waals surface area contributed by atoms with Crippen molar-refractivity contribution in [2.24, 2.45) is 5.92 Å². The predicted molar refractivity (Wildman–Crippen MR) is 64.5 cm³/mol. The average Bonchev–Trinajstić information content (AvgIpc) is 2.25. The van der Waals surface area contributed by atoms with E-state index < -0.39 is 5.92 Å². The molecule has 1 N–H and O–H groups in total. The minimum absolute atomic E-state index is 0.330. The Hall–Kier alpha value is -1.24. The Bertz CT molecular complexity index is 440. The van der Waals surface area contributed by atoms with Crippen molar-refractivity contribution in [1.82, 2.24) is 0 Å². The van der Waals surface area contributed by atoms with Gasteiger partial charge in [-0.15, -0.1) is 0 Å². The van der Waals surface area contributed by atoms with E-state index in [0.29, 0.717) is 22.2 Å². The number of rotatable bonds is 3. The molecule has 3 nitrogen and oxygen atoms in total. The highest BCUT2D eigenvalue weighted by atomic mass is 35.5. The van der Waals surface area contributed by atoms with Crippen molar-refractivity contribution in [2.75, 3.05) is 5.32 Å². The molecule has 0 heterocycles. The van der Waals surface area contributed by atoms with Crippen molar-refractivity contribution in [3.05, 3.63) is 28.2 Å². The van der Waals surface area contributed by atoms with Crippen LogP contribution < -0.4 is 5.32 Å². The van der Waals surface area contributed by atoms with Gasteiger partial charge in [-0.2, -0.15) is 5.26 Å². The third-order valence-electron chi connectivity index (χ3n) is 2.07. The molecular formula is C11H10Cl2N2O. The predicted octanol–water partition coefficient (Wildman–Crippen LogP) is 3.48. The normalized spacial score (nSPS) is 11.6. The highest BCUT2D eigenvalue weighted by Crippen LogP contribution is 2.25. The van der Waals surface area contributed by atoms with Crippen molar-refractivity contribution in [2.45, 2.75) is 13.3 Å². The molecule has 5 heteroatoms. The quantitative estimate of drug-likeness (QED) is 0.901. The first-order chi connectivity index (χ1) is 7.58. The maximum absolute atomic E-state index is 11.6. The zero-order valence-corrected chi connectivity index (χ0v) is 10.1. The summed E-state index contributed by atoms with van der Waals surface area (Å²) in [5.41, 5.74) is 0.535. The van der Waals surface area contributed by atoms with Crippen LogP contribution in [0.4, 0.5) is 5.69 Å². The first-order valence-corrected chi connectivity index (χ1v) is 5.49. The molecule has 0 bridgehead atoms. The summed E-state index contributed by atoms with van der Waals surface area (Å²) in [5, 5.41) is 12.1. The first-order valence-electron chi connectivity index (χ1n) is 4.74. The Labute approximate surface area is 104 Å². The molecule has 16 heavy (non-hydrogen) atoms. The fraction of sp³-hybridized carbons (Fsp3) is 0.273. The molecule has 1 unspecified atom stereocenters. The van der Waals surface area contributed by atoms with E-state index in [0.717, 1.165) is 0 Å². The van der Waals surface area contributed by atoms with Gasteiger partial charge in [-0.3, -0.25) is 4.79 Å². The molecular weight excluding hydrogens is 247 g/mol. The van der Waals surface area contributed by atoms with E-state index in [1.54, 1.807) is 25.1 Å². The monoisotopic (exact) mass is 256 g/mol. The molecule has 1 aromatic rings. The molecule has 1 atom stereocenters. The summed E-state index contributed by atoms with van der Waals surface area (Å²) in [5.74, 6) is -0.974. The van der Waals surface area contributed by atoms with Gasteiger partial charge >= 0.3 is 0 Å². The van der Waals surface area contributed by atoms with Crippen LogP contribution >= 0.6 is 23.2 Å². The summed E-state index contributed by atoms with van der Waals surface area (Å²) in [6.07, 6.45) is 0.476. The van der Waals surface area contributed by atoms with Crippen LogP contribution in [0.2, 0.25) is 10.0 Å². The van der Waals surface area contributed by atoms with E-state index in [-0.39, 0.29) is 5.91 Å². The van der Waals surface area contributed by atoms with Crippen LogP contribution in [0.3, 0.4) is 0 Å². The molecule has 0 saturated heterocycles. The van der Waals surface area contributed by atoms with Crippen LogP contribution in [0.15, 0.2) is 18.2 Å². The molecule has 1 aromatic carbocycles. The van der Waals surface area contributed by atoms with Gasteiger partial charge in [0.15, 0.2) is 0 Å². The largest absolute Gasteiger partial charge is 0.325 e. The molecule has 0 radical (unpaired) electrons. The summed E-state index contributed by atoms with van der Waals surface area (Å²) >= 11 is 11.5. The molecule has 0 aliphatic heterocycles. The first kappa shape index (κ1) is 12.8. The summed E-state index contributed by atoms with van der Waals surface area (Å²) in [6, 6.07) is 6.70. The zero-order valence-electron chi connectivity index (χ0n) is 8.63. The van der Waals surface area contributed by atoms with Crippen molar-refractivity contribution in [3.63, 3.8) is 0 Å². The van der Waals surface area contributed by atoms with Crippen LogP contribution in [-0.4, -0.2) is 5.91 Å². The maximum atomic E-state index is 11.6. The number of carbonyl (C=O) groups excluding carboxylic acids is 1. The van der Waals surface area contributed by atoms with Crippen LogP contribution in [0.5, 0.6) is 0 Å². The SMILES string of the molecule is CCC(C#N)C(=O)Nc1ccc(Cl)c(Cl)c1. The third kappa shape index (κ3) is 3.13. The van der Waals surface area contributed by atoms with Gasteiger partial charge in [0.1, 0.15) is 5.92 Å². The number of hydrogen-bond donors (Lipinski definition) is 1. The highest BCUT2D eigenvalue weighted by Gasteiger charge is 2.15. The Kier molecular flexibility index (Phi) is 4.60. The van der Waals surface area contributed by atoms with Gasteiger partial charge in [0.2, 0.25) is 5.91 Å². The number of hydrogen-bond acceptors (Lipinski definition) is 2. The van der Waals surface area contributed by atoms with Crippen LogP contribution in [0.1, 0.15) is 13.3 Å².